The predicted octanol–water partition coefficient (Wildman–Crippen LogP) is 3.63. The number of hydrogen-bond acceptors (Lipinski definition) is 2. The lowest BCUT2D eigenvalue weighted by atomic mass is 10.1. The van der Waals surface area contributed by atoms with E-state index in [1.165, 1.54) is 0 Å². The van der Waals surface area contributed by atoms with Crippen molar-refractivity contribution >= 4 is 11.6 Å². The highest BCUT2D eigenvalue weighted by molar-refractivity contribution is 5.94. The second-order valence-electron chi connectivity index (χ2n) is 5.24. The van der Waals surface area contributed by atoms with Crippen molar-refractivity contribution < 1.29 is 4.79 Å². The molecule has 0 unspecified atom stereocenters. The molecule has 3 heteroatoms. The Labute approximate surface area is 117 Å². The van der Waals surface area contributed by atoms with Gasteiger partial charge in [0.2, 0.25) is 0 Å². The van der Waals surface area contributed by atoms with Crippen molar-refractivity contribution in [2.75, 3.05) is 25.0 Å². The summed E-state index contributed by atoms with van der Waals surface area (Å²) in [5.41, 5.74) is 1.84. The maximum Gasteiger partial charge on any atom is 0.253 e. The first-order valence-electron chi connectivity index (χ1n) is 7.21. The summed E-state index contributed by atoms with van der Waals surface area (Å²) in [6.07, 6.45) is 1.10. The van der Waals surface area contributed by atoms with Crippen LogP contribution >= 0.6 is 0 Å². The molecule has 1 rings (SSSR count). The van der Waals surface area contributed by atoms with Crippen LogP contribution in [0, 0.1) is 5.92 Å². The fraction of sp³-hybridized carbons (Fsp3) is 0.562. The smallest absolute Gasteiger partial charge is 0.253 e. The van der Waals surface area contributed by atoms with Crippen LogP contribution in [0.15, 0.2) is 24.3 Å². The second-order valence-corrected chi connectivity index (χ2v) is 5.24. The average molecular weight is 262 g/mol. The van der Waals surface area contributed by atoms with Gasteiger partial charge in [0.25, 0.3) is 5.91 Å². The summed E-state index contributed by atoms with van der Waals surface area (Å²) in [4.78, 5) is 14.2. The van der Waals surface area contributed by atoms with Gasteiger partial charge in [0.15, 0.2) is 0 Å². The Morgan fingerprint density at radius 2 is 1.84 bits per heavy atom. The number of nitrogens with one attached hydrogen (secondary N) is 1. The van der Waals surface area contributed by atoms with E-state index in [1.54, 1.807) is 0 Å². The average Bonchev–Trinajstić information content (AvgIpc) is 2.42. The Kier molecular flexibility index (Phi) is 6.40. The Bertz CT molecular complexity index is 384. The maximum absolute atomic E-state index is 12.3. The molecule has 0 atom stereocenters. The van der Waals surface area contributed by atoms with Crippen LogP contribution in [0.4, 0.5) is 5.69 Å². The topological polar surface area (TPSA) is 32.3 Å². The Hall–Kier alpha value is -1.51. The van der Waals surface area contributed by atoms with Gasteiger partial charge < -0.3 is 10.2 Å². The van der Waals surface area contributed by atoms with Crippen molar-refractivity contribution in [2.45, 2.75) is 34.1 Å². The molecule has 1 amide bonds. The molecular weight excluding hydrogens is 236 g/mol. The fourth-order valence-corrected chi connectivity index (χ4v) is 1.98. The van der Waals surface area contributed by atoms with Crippen LogP contribution in [0.25, 0.3) is 0 Å². The third kappa shape index (κ3) is 4.93. The number of amides is 1. The highest BCUT2D eigenvalue weighted by Crippen LogP contribution is 2.12. The first-order chi connectivity index (χ1) is 9.08. The van der Waals surface area contributed by atoms with Gasteiger partial charge in [-0.3, -0.25) is 4.79 Å². The zero-order valence-electron chi connectivity index (χ0n) is 12.6. The number of benzene rings is 1. The molecule has 3 nitrogen and oxygen atoms in total. The van der Waals surface area contributed by atoms with Gasteiger partial charge in [-0.2, -0.15) is 0 Å². The lowest BCUT2D eigenvalue weighted by Gasteiger charge is -2.23. The normalized spacial score (nSPS) is 10.6. The zero-order chi connectivity index (χ0) is 14.3. The first kappa shape index (κ1) is 15.5. The molecule has 0 heterocycles. The fourth-order valence-electron chi connectivity index (χ4n) is 1.98. The molecular formula is C16H26N2O. The molecule has 0 saturated carbocycles. The highest BCUT2D eigenvalue weighted by Gasteiger charge is 2.14. The summed E-state index contributed by atoms with van der Waals surface area (Å²) < 4.78 is 0. The third-order valence-corrected chi connectivity index (χ3v) is 2.97. The van der Waals surface area contributed by atoms with E-state index in [4.69, 9.17) is 0 Å². The predicted molar refractivity (Wildman–Crippen MR) is 81.6 cm³/mol. The van der Waals surface area contributed by atoms with E-state index in [0.29, 0.717) is 5.92 Å². The minimum atomic E-state index is 0.123. The third-order valence-electron chi connectivity index (χ3n) is 2.97. The SMILES string of the molecule is CCCNc1ccc(C(=O)N(CC)CC(C)C)cc1. The maximum atomic E-state index is 12.3. The van der Waals surface area contributed by atoms with Gasteiger partial charge >= 0.3 is 0 Å². The van der Waals surface area contributed by atoms with E-state index >= 15 is 0 Å². The van der Waals surface area contributed by atoms with Gasteiger partial charge in [-0.05, 0) is 43.5 Å². The van der Waals surface area contributed by atoms with Crippen molar-refractivity contribution in [3.8, 4) is 0 Å². The quantitative estimate of drug-likeness (QED) is 0.814. The summed E-state index contributed by atoms with van der Waals surface area (Å²) in [7, 11) is 0. The van der Waals surface area contributed by atoms with E-state index in [9.17, 15) is 4.79 Å². The lowest BCUT2D eigenvalue weighted by Crippen LogP contribution is -2.33. The van der Waals surface area contributed by atoms with Crippen LogP contribution < -0.4 is 5.32 Å². The van der Waals surface area contributed by atoms with E-state index in [0.717, 1.165) is 37.3 Å². The number of carbonyl (C=O) groups excluding carboxylic acids is 1. The van der Waals surface area contributed by atoms with Gasteiger partial charge in [0, 0.05) is 30.9 Å². The molecule has 0 aromatic heterocycles. The molecule has 0 bridgehead atoms. The molecule has 0 aliphatic rings. The van der Waals surface area contributed by atoms with Crippen molar-refractivity contribution in [2.24, 2.45) is 5.92 Å². The Morgan fingerprint density at radius 1 is 1.21 bits per heavy atom. The van der Waals surface area contributed by atoms with E-state index in [2.05, 4.69) is 26.1 Å². The molecule has 106 valence electrons. The first-order valence-corrected chi connectivity index (χ1v) is 7.21. The molecule has 0 aliphatic carbocycles. The monoisotopic (exact) mass is 262 g/mol. The van der Waals surface area contributed by atoms with Crippen molar-refractivity contribution in [1.29, 1.82) is 0 Å². The van der Waals surface area contributed by atoms with Crippen molar-refractivity contribution in [3.05, 3.63) is 29.8 Å². The van der Waals surface area contributed by atoms with E-state index in [1.807, 2.05) is 36.1 Å². The number of nitrogens with zero attached hydrogens (tertiary/aromatic N) is 1. The molecule has 19 heavy (non-hydrogen) atoms. The van der Waals surface area contributed by atoms with Crippen molar-refractivity contribution in [1.82, 2.24) is 4.90 Å². The van der Waals surface area contributed by atoms with Crippen LogP contribution in [0.1, 0.15) is 44.5 Å². The van der Waals surface area contributed by atoms with Crippen LogP contribution in [0.3, 0.4) is 0 Å². The van der Waals surface area contributed by atoms with Crippen LogP contribution in [0.5, 0.6) is 0 Å². The summed E-state index contributed by atoms with van der Waals surface area (Å²) in [5, 5.41) is 3.31. The number of rotatable bonds is 7. The Morgan fingerprint density at radius 3 is 2.32 bits per heavy atom. The standard InChI is InChI=1S/C16H26N2O/c1-5-11-17-15-9-7-14(8-10-15)16(19)18(6-2)12-13(3)4/h7-10,13,17H,5-6,11-12H2,1-4H3. The molecule has 0 spiro atoms. The van der Waals surface area contributed by atoms with Gasteiger partial charge in [0.1, 0.15) is 0 Å². The Balaban J connectivity index is 2.70. The summed E-state index contributed by atoms with van der Waals surface area (Å²) >= 11 is 0. The highest BCUT2D eigenvalue weighted by atomic mass is 16.2. The number of carbonyl (C=O) groups is 1. The summed E-state index contributed by atoms with van der Waals surface area (Å²) in [6.45, 7) is 11.0. The zero-order valence-corrected chi connectivity index (χ0v) is 12.6. The van der Waals surface area contributed by atoms with Gasteiger partial charge in [0.05, 0.1) is 0 Å². The summed E-state index contributed by atoms with van der Waals surface area (Å²) in [6, 6.07) is 7.77. The van der Waals surface area contributed by atoms with Crippen LogP contribution in [-0.4, -0.2) is 30.4 Å². The van der Waals surface area contributed by atoms with Crippen molar-refractivity contribution in [3.63, 3.8) is 0 Å². The molecule has 1 N–H and O–H groups in total. The van der Waals surface area contributed by atoms with Crippen LogP contribution in [-0.2, 0) is 0 Å². The van der Waals surface area contributed by atoms with E-state index in [-0.39, 0.29) is 5.91 Å². The van der Waals surface area contributed by atoms with Gasteiger partial charge in [-0.1, -0.05) is 20.8 Å². The molecule has 0 saturated heterocycles. The number of anilines is 1. The van der Waals surface area contributed by atoms with Gasteiger partial charge in [-0.15, -0.1) is 0 Å². The van der Waals surface area contributed by atoms with Gasteiger partial charge in [-0.25, -0.2) is 0 Å². The molecule has 0 radical (unpaired) electrons. The van der Waals surface area contributed by atoms with E-state index < -0.39 is 0 Å². The molecule has 0 aliphatic heterocycles. The molecule has 1 aromatic carbocycles. The van der Waals surface area contributed by atoms with Crippen LogP contribution in [0.2, 0.25) is 0 Å². The lowest BCUT2D eigenvalue weighted by molar-refractivity contribution is 0.0746. The molecule has 0 fully saturated rings. The minimum Gasteiger partial charge on any atom is -0.385 e. The largest absolute Gasteiger partial charge is 0.385 e. The second kappa shape index (κ2) is 7.82. The summed E-state index contributed by atoms with van der Waals surface area (Å²) in [5.74, 6) is 0.618. The molecule has 1 aromatic rings. The minimum absolute atomic E-state index is 0.123. The number of hydrogen-bond donors (Lipinski definition) is 1.